The zero-order valence-electron chi connectivity index (χ0n) is 18.5. The summed E-state index contributed by atoms with van der Waals surface area (Å²) in [6.45, 7) is 3.38. The van der Waals surface area contributed by atoms with Crippen molar-refractivity contribution in [1.82, 2.24) is 5.32 Å². The molecule has 2 amide bonds. The van der Waals surface area contributed by atoms with E-state index >= 15 is 0 Å². The average Bonchev–Trinajstić information content (AvgIpc) is 2.82. The maximum absolute atomic E-state index is 12.2. The van der Waals surface area contributed by atoms with Crippen LogP contribution in [-0.4, -0.2) is 30.9 Å². The number of rotatable bonds is 9. The summed E-state index contributed by atoms with van der Waals surface area (Å²) < 4.78 is 10.6. The molecule has 0 bridgehead atoms. The molecule has 33 heavy (non-hydrogen) atoms. The summed E-state index contributed by atoms with van der Waals surface area (Å²) in [5, 5.41) is 5.13. The van der Waals surface area contributed by atoms with Crippen molar-refractivity contribution in [2.45, 2.75) is 19.8 Å². The Labute approximate surface area is 192 Å². The van der Waals surface area contributed by atoms with Gasteiger partial charge in [-0.15, -0.1) is 0 Å². The van der Waals surface area contributed by atoms with Gasteiger partial charge in [-0.05, 0) is 60.0 Å². The zero-order valence-corrected chi connectivity index (χ0v) is 18.5. The van der Waals surface area contributed by atoms with Crippen molar-refractivity contribution >= 4 is 23.5 Å². The third-order valence-electron chi connectivity index (χ3n) is 4.71. The molecule has 0 heterocycles. The number of benzene rings is 3. The minimum atomic E-state index is -0.710. The summed E-state index contributed by atoms with van der Waals surface area (Å²) in [6, 6.07) is 23.3. The summed E-state index contributed by atoms with van der Waals surface area (Å²) in [6.07, 6.45) is 0. The molecule has 0 aliphatic rings. The van der Waals surface area contributed by atoms with Crippen LogP contribution in [0.25, 0.3) is 0 Å². The second kappa shape index (κ2) is 11.5. The quantitative estimate of drug-likeness (QED) is 0.472. The average molecular weight is 447 g/mol. The van der Waals surface area contributed by atoms with E-state index in [4.69, 9.17) is 9.47 Å². The van der Waals surface area contributed by atoms with Crippen LogP contribution in [0.2, 0.25) is 0 Å². The number of carbonyl (C=O) groups is 3. The van der Waals surface area contributed by atoms with E-state index in [9.17, 15) is 14.4 Å². The molecule has 0 saturated carbocycles. The summed E-state index contributed by atoms with van der Waals surface area (Å²) >= 11 is 0. The van der Waals surface area contributed by atoms with Crippen LogP contribution in [-0.2, 0) is 14.3 Å². The second-order valence-electron chi connectivity index (χ2n) is 7.61. The number of anilines is 1. The molecule has 0 aromatic heterocycles. The SMILES string of the molecule is CC(C)c1ccc(NC(=O)COC(=O)CNC(=O)c2ccc(Oc3ccccc3)cc2)cc1. The Morgan fingerprint density at radius 1 is 0.818 bits per heavy atom. The molecule has 0 atom stereocenters. The first-order valence-corrected chi connectivity index (χ1v) is 10.6. The molecule has 3 rings (SSSR count). The van der Waals surface area contributed by atoms with Crippen molar-refractivity contribution in [2.75, 3.05) is 18.5 Å². The van der Waals surface area contributed by atoms with E-state index in [1.807, 2.05) is 42.5 Å². The number of hydrogen-bond donors (Lipinski definition) is 2. The van der Waals surface area contributed by atoms with Crippen LogP contribution in [0.3, 0.4) is 0 Å². The van der Waals surface area contributed by atoms with Crippen LogP contribution in [0.1, 0.15) is 35.7 Å². The normalized spacial score (nSPS) is 10.4. The highest BCUT2D eigenvalue weighted by Gasteiger charge is 2.11. The lowest BCUT2D eigenvalue weighted by Crippen LogP contribution is -2.32. The molecule has 170 valence electrons. The smallest absolute Gasteiger partial charge is 0.325 e. The molecule has 0 unspecified atom stereocenters. The van der Waals surface area contributed by atoms with Gasteiger partial charge in [-0.25, -0.2) is 0 Å². The minimum absolute atomic E-state index is 0.350. The molecule has 0 aliphatic carbocycles. The Morgan fingerprint density at radius 3 is 2.09 bits per heavy atom. The van der Waals surface area contributed by atoms with Gasteiger partial charge in [-0.3, -0.25) is 14.4 Å². The van der Waals surface area contributed by atoms with Gasteiger partial charge in [0.1, 0.15) is 18.0 Å². The summed E-state index contributed by atoms with van der Waals surface area (Å²) in [7, 11) is 0. The van der Waals surface area contributed by atoms with Crippen LogP contribution in [0.4, 0.5) is 5.69 Å². The molecule has 3 aromatic carbocycles. The molecule has 2 N–H and O–H groups in total. The van der Waals surface area contributed by atoms with E-state index in [2.05, 4.69) is 24.5 Å². The van der Waals surface area contributed by atoms with Crippen LogP contribution >= 0.6 is 0 Å². The van der Waals surface area contributed by atoms with Crippen molar-refractivity contribution in [3.63, 3.8) is 0 Å². The zero-order chi connectivity index (χ0) is 23.6. The van der Waals surface area contributed by atoms with Gasteiger partial charge in [0.25, 0.3) is 11.8 Å². The van der Waals surface area contributed by atoms with Gasteiger partial charge in [-0.2, -0.15) is 0 Å². The van der Waals surface area contributed by atoms with E-state index in [0.29, 0.717) is 28.7 Å². The van der Waals surface area contributed by atoms with E-state index in [-0.39, 0.29) is 6.54 Å². The number of ether oxygens (including phenoxy) is 2. The van der Waals surface area contributed by atoms with Crippen molar-refractivity contribution in [1.29, 1.82) is 0 Å². The predicted molar refractivity (Wildman–Crippen MR) is 125 cm³/mol. The minimum Gasteiger partial charge on any atom is -0.457 e. The molecule has 0 radical (unpaired) electrons. The van der Waals surface area contributed by atoms with Crippen LogP contribution in [0.5, 0.6) is 11.5 Å². The van der Waals surface area contributed by atoms with Crippen molar-refractivity contribution in [2.24, 2.45) is 0 Å². The van der Waals surface area contributed by atoms with Crippen molar-refractivity contribution in [3.8, 4) is 11.5 Å². The van der Waals surface area contributed by atoms with E-state index < -0.39 is 24.4 Å². The Kier molecular flexibility index (Phi) is 8.18. The number of nitrogens with one attached hydrogen (secondary N) is 2. The van der Waals surface area contributed by atoms with Crippen LogP contribution in [0.15, 0.2) is 78.9 Å². The van der Waals surface area contributed by atoms with Gasteiger partial charge in [0, 0.05) is 11.3 Å². The van der Waals surface area contributed by atoms with E-state index in [0.717, 1.165) is 5.56 Å². The number of para-hydroxylation sites is 1. The van der Waals surface area contributed by atoms with Gasteiger partial charge in [0.2, 0.25) is 0 Å². The van der Waals surface area contributed by atoms with Gasteiger partial charge in [0.05, 0.1) is 0 Å². The highest BCUT2D eigenvalue weighted by atomic mass is 16.5. The van der Waals surface area contributed by atoms with Gasteiger partial charge in [0.15, 0.2) is 6.61 Å². The third kappa shape index (κ3) is 7.50. The third-order valence-corrected chi connectivity index (χ3v) is 4.71. The molecule has 3 aromatic rings. The first kappa shape index (κ1) is 23.5. The number of carbonyl (C=O) groups excluding carboxylic acids is 3. The van der Waals surface area contributed by atoms with Gasteiger partial charge >= 0.3 is 5.97 Å². The first-order chi connectivity index (χ1) is 15.9. The second-order valence-corrected chi connectivity index (χ2v) is 7.61. The molecule has 0 fully saturated rings. The standard InChI is InChI=1S/C26H26N2O5/c1-18(2)19-8-12-21(13-9-19)28-24(29)17-32-25(30)16-27-26(31)20-10-14-23(15-11-20)33-22-6-4-3-5-7-22/h3-15,18H,16-17H2,1-2H3,(H,27,31)(H,28,29). The van der Waals surface area contributed by atoms with Crippen molar-refractivity contribution < 1.29 is 23.9 Å². The number of esters is 1. The molecular formula is C26H26N2O5. The Hall–Kier alpha value is -4.13. The number of amides is 2. The lowest BCUT2D eigenvalue weighted by atomic mass is 10.0. The molecule has 7 nitrogen and oxygen atoms in total. The lowest BCUT2D eigenvalue weighted by molar-refractivity contribution is -0.146. The largest absolute Gasteiger partial charge is 0.457 e. The maximum Gasteiger partial charge on any atom is 0.325 e. The molecule has 0 saturated heterocycles. The van der Waals surface area contributed by atoms with E-state index in [1.165, 1.54) is 0 Å². The molecule has 7 heteroatoms. The first-order valence-electron chi connectivity index (χ1n) is 10.6. The number of hydrogen-bond acceptors (Lipinski definition) is 5. The molecule has 0 aliphatic heterocycles. The highest BCUT2D eigenvalue weighted by Crippen LogP contribution is 2.21. The fraction of sp³-hybridized carbons (Fsp3) is 0.192. The fourth-order valence-electron chi connectivity index (χ4n) is 2.90. The van der Waals surface area contributed by atoms with E-state index in [1.54, 1.807) is 36.4 Å². The predicted octanol–water partition coefficient (Wildman–Crippen LogP) is 4.51. The van der Waals surface area contributed by atoms with Crippen molar-refractivity contribution in [3.05, 3.63) is 90.0 Å². The van der Waals surface area contributed by atoms with Crippen LogP contribution < -0.4 is 15.4 Å². The topological polar surface area (TPSA) is 93.7 Å². The summed E-state index contributed by atoms with van der Waals surface area (Å²) in [4.78, 5) is 36.1. The van der Waals surface area contributed by atoms with Gasteiger partial charge < -0.3 is 20.1 Å². The lowest BCUT2D eigenvalue weighted by Gasteiger charge is -2.09. The monoisotopic (exact) mass is 446 g/mol. The Morgan fingerprint density at radius 2 is 1.45 bits per heavy atom. The molecular weight excluding hydrogens is 420 g/mol. The fourth-order valence-corrected chi connectivity index (χ4v) is 2.90. The summed E-state index contributed by atoms with van der Waals surface area (Å²) in [5.41, 5.74) is 2.15. The Balaban J connectivity index is 1.39. The van der Waals surface area contributed by atoms with Crippen LogP contribution in [0, 0.1) is 0 Å². The highest BCUT2D eigenvalue weighted by molar-refractivity contribution is 5.96. The van der Waals surface area contributed by atoms with Gasteiger partial charge in [-0.1, -0.05) is 44.2 Å². The maximum atomic E-state index is 12.2. The Bertz CT molecular complexity index is 1080. The molecule has 0 spiro atoms. The summed E-state index contributed by atoms with van der Waals surface area (Å²) in [5.74, 6) is 0.0640.